The van der Waals surface area contributed by atoms with E-state index in [2.05, 4.69) is 11.9 Å². The number of rotatable bonds is 7. The van der Waals surface area contributed by atoms with E-state index in [1.807, 2.05) is 54.6 Å². The molecule has 1 heterocycles. The number of unbranched alkanes of at least 4 members (excludes halogenated alkanes) is 1. The third-order valence-electron chi connectivity index (χ3n) is 3.16. The Hall–Kier alpha value is -1.98. The van der Waals surface area contributed by atoms with E-state index in [1.54, 1.807) is 10.8 Å². The molecule has 2 aromatic rings. The lowest BCUT2D eigenvalue weighted by Crippen LogP contribution is -1.96. The third kappa shape index (κ3) is 5.30. The fourth-order valence-electron chi connectivity index (χ4n) is 1.94. The van der Waals surface area contributed by atoms with Crippen molar-refractivity contribution in [2.24, 2.45) is 4.99 Å². The maximum Gasteiger partial charge on any atom is 0.210 e. The molecule has 1 N–H and O–H groups in total. The van der Waals surface area contributed by atoms with E-state index in [0.717, 1.165) is 30.0 Å². The standard InChI is InChI=1S/C18H20N2OS2/c1-2-3-14-20-17(21)16(23-18(20)22)12-8-5-9-13-19-15-10-6-4-7-11-15/h4-13,21H,2-3,14H2,1H3. The van der Waals surface area contributed by atoms with Gasteiger partial charge < -0.3 is 5.11 Å². The number of nitrogens with zero attached hydrogens (tertiary/aromatic N) is 2. The summed E-state index contributed by atoms with van der Waals surface area (Å²) in [7, 11) is 0. The Balaban J connectivity index is 1.97. The van der Waals surface area contributed by atoms with Crippen LogP contribution >= 0.6 is 23.6 Å². The molecule has 2 rings (SSSR count). The molecule has 0 atom stereocenters. The summed E-state index contributed by atoms with van der Waals surface area (Å²) in [5.41, 5.74) is 0.921. The first-order chi connectivity index (χ1) is 11.2. The van der Waals surface area contributed by atoms with Gasteiger partial charge in [0.1, 0.15) is 0 Å². The Morgan fingerprint density at radius 2 is 2.00 bits per heavy atom. The monoisotopic (exact) mass is 344 g/mol. The van der Waals surface area contributed by atoms with Crippen LogP contribution in [0.3, 0.4) is 0 Å². The van der Waals surface area contributed by atoms with Gasteiger partial charge in [0.15, 0.2) is 3.95 Å². The summed E-state index contributed by atoms with van der Waals surface area (Å²) in [6, 6.07) is 9.77. The van der Waals surface area contributed by atoms with Crippen molar-refractivity contribution in [3.8, 4) is 5.88 Å². The smallest absolute Gasteiger partial charge is 0.210 e. The highest BCUT2D eigenvalue weighted by molar-refractivity contribution is 7.73. The third-order valence-corrected chi connectivity index (χ3v) is 4.57. The van der Waals surface area contributed by atoms with Gasteiger partial charge in [0.2, 0.25) is 5.88 Å². The van der Waals surface area contributed by atoms with Crippen molar-refractivity contribution in [1.82, 2.24) is 4.57 Å². The lowest BCUT2D eigenvalue weighted by atomic mass is 10.3. The molecule has 1 aromatic heterocycles. The van der Waals surface area contributed by atoms with Gasteiger partial charge in [-0.15, -0.1) is 11.3 Å². The molecule has 0 saturated carbocycles. The zero-order valence-electron chi connectivity index (χ0n) is 13.1. The summed E-state index contributed by atoms with van der Waals surface area (Å²) in [5, 5.41) is 10.2. The van der Waals surface area contributed by atoms with Gasteiger partial charge in [-0.05, 0) is 42.9 Å². The molecule has 120 valence electrons. The molecule has 23 heavy (non-hydrogen) atoms. The van der Waals surface area contributed by atoms with E-state index in [0.29, 0.717) is 3.95 Å². The molecule has 0 aliphatic carbocycles. The van der Waals surface area contributed by atoms with E-state index in [4.69, 9.17) is 12.2 Å². The van der Waals surface area contributed by atoms with Crippen LogP contribution in [-0.2, 0) is 6.54 Å². The molecule has 0 radical (unpaired) electrons. The minimum atomic E-state index is 0.260. The lowest BCUT2D eigenvalue weighted by molar-refractivity contribution is 0.410. The van der Waals surface area contributed by atoms with Crippen molar-refractivity contribution in [1.29, 1.82) is 0 Å². The van der Waals surface area contributed by atoms with Gasteiger partial charge in [-0.2, -0.15) is 0 Å². The molecular formula is C18H20N2OS2. The molecule has 0 spiro atoms. The SMILES string of the molecule is CCCCn1c(O)c(C=CC=CC=Nc2ccccc2)sc1=S. The van der Waals surface area contributed by atoms with Crippen LogP contribution in [0.1, 0.15) is 24.6 Å². The highest BCUT2D eigenvalue weighted by Gasteiger charge is 2.08. The van der Waals surface area contributed by atoms with Gasteiger partial charge in [0, 0.05) is 12.8 Å². The normalized spacial score (nSPS) is 12.0. The molecule has 3 nitrogen and oxygen atoms in total. The second kappa shape index (κ2) is 9.22. The minimum absolute atomic E-state index is 0.260. The average molecular weight is 345 g/mol. The van der Waals surface area contributed by atoms with Gasteiger partial charge in [-0.3, -0.25) is 9.56 Å². The Bertz CT molecular complexity index is 755. The number of thiazole rings is 1. The largest absolute Gasteiger partial charge is 0.493 e. The molecule has 0 bridgehead atoms. The second-order valence-electron chi connectivity index (χ2n) is 4.92. The first kappa shape index (κ1) is 17.4. The van der Waals surface area contributed by atoms with Crippen molar-refractivity contribution in [3.05, 3.63) is 57.4 Å². The molecule has 1 aromatic carbocycles. The van der Waals surface area contributed by atoms with Crippen LogP contribution in [0.5, 0.6) is 5.88 Å². The summed E-state index contributed by atoms with van der Waals surface area (Å²) < 4.78 is 2.51. The van der Waals surface area contributed by atoms with E-state index in [-0.39, 0.29) is 5.88 Å². The number of para-hydroxylation sites is 1. The van der Waals surface area contributed by atoms with Crippen LogP contribution in [0.4, 0.5) is 5.69 Å². The molecule has 5 heteroatoms. The van der Waals surface area contributed by atoms with Gasteiger partial charge in [0.05, 0.1) is 10.6 Å². The van der Waals surface area contributed by atoms with Crippen molar-refractivity contribution >= 4 is 41.5 Å². The summed E-state index contributed by atoms with van der Waals surface area (Å²) in [4.78, 5) is 5.09. The number of benzene rings is 1. The van der Waals surface area contributed by atoms with Crippen molar-refractivity contribution in [3.63, 3.8) is 0 Å². The van der Waals surface area contributed by atoms with Crippen LogP contribution in [-0.4, -0.2) is 15.9 Å². The molecule has 0 aliphatic heterocycles. The van der Waals surface area contributed by atoms with Gasteiger partial charge in [-0.1, -0.05) is 43.7 Å². The maximum atomic E-state index is 10.2. The van der Waals surface area contributed by atoms with Crippen LogP contribution in [0.2, 0.25) is 0 Å². The first-order valence-electron chi connectivity index (χ1n) is 7.57. The Morgan fingerprint density at radius 3 is 2.74 bits per heavy atom. The molecule has 0 saturated heterocycles. The highest BCUT2D eigenvalue weighted by atomic mass is 32.1. The zero-order chi connectivity index (χ0) is 16.5. The molecular weight excluding hydrogens is 324 g/mol. The van der Waals surface area contributed by atoms with Crippen LogP contribution in [0, 0.1) is 3.95 Å². The number of aromatic hydroxyl groups is 1. The Morgan fingerprint density at radius 1 is 1.22 bits per heavy atom. The fraction of sp³-hybridized carbons (Fsp3) is 0.222. The van der Waals surface area contributed by atoms with E-state index in [1.165, 1.54) is 11.3 Å². The lowest BCUT2D eigenvalue weighted by Gasteiger charge is -2.02. The first-order valence-corrected chi connectivity index (χ1v) is 8.80. The molecule has 0 unspecified atom stereocenters. The number of aliphatic imine (C=N–C) groups is 1. The summed E-state index contributed by atoms with van der Waals surface area (Å²) in [6.07, 6.45) is 11.3. The Kier molecular flexibility index (Phi) is 6.97. The minimum Gasteiger partial charge on any atom is -0.493 e. The van der Waals surface area contributed by atoms with E-state index in [9.17, 15) is 5.11 Å². The van der Waals surface area contributed by atoms with Crippen molar-refractivity contribution < 1.29 is 5.11 Å². The maximum absolute atomic E-state index is 10.2. The van der Waals surface area contributed by atoms with Crippen molar-refractivity contribution in [2.45, 2.75) is 26.3 Å². The summed E-state index contributed by atoms with van der Waals surface area (Å²) >= 11 is 6.72. The topological polar surface area (TPSA) is 37.5 Å². The van der Waals surface area contributed by atoms with E-state index < -0.39 is 0 Å². The van der Waals surface area contributed by atoms with Crippen LogP contribution in [0.15, 0.2) is 53.6 Å². The van der Waals surface area contributed by atoms with E-state index >= 15 is 0 Å². The number of hydrogen-bond donors (Lipinski definition) is 1. The quantitative estimate of drug-likeness (QED) is 0.394. The predicted octanol–water partition coefficient (Wildman–Crippen LogP) is 5.76. The average Bonchev–Trinajstić information content (AvgIpc) is 2.83. The number of aromatic nitrogens is 1. The van der Waals surface area contributed by atoms with Gasteiger partial charge in [-0.25, -0.2) is 0 Å². The van der Waals surface area contributed by atoms with Gasteiger partial charge >= 0.3 is 0 Å². The van der Waals surface area contributed by atoms with Gasteiger partial charge in [0.25, 0.3) is 0 Å². The summed E-state index contributed by atoms with van der Waals surface area (Å²) in [5.74, 6) is 0.260. The molecule has 0 aliphatic rings. The molecule has 0 fully saturated rings. The zero-order valence-corrected chi connectivity index (χ0v) is 14.7. The predicted molar refractivity (Wildman–Crippen MR) is 102 cm³/mol. The second-order valence-corrected chi connectivity index (χ2v) is 6.59. The molecule has 0 amide bonds. The van der Waals surface area contributed by atoms with Crippen LogP contribution < -0.4 is 0 Å². The van der Waals surface area contributed by atoms with Crippen LogP contribution in [0.25, 0.3) is 6.08 Å². The highest BCUT2D eigenvalue weighted by Crippen LogP contribution is 2.27. The number of allylic oxidation sites excluding steroid dienone is 3. The number of hydrogen-bond acceptors (Lipinski definition) is 4. The summed E-state index contributed by atoms with van der Waals surface area (Å²) in [6.45, 7) is 2.89. The van der Waals surface area contributed by atoms with Crippen molar-refractivity contribution in [2.75, 3.05) is 0 Å². The fourth-order valence-corrected chi connectivity index (χ4v) is 3.21. The Labute approximate surface area is 146 Å².